The molecular formula is C12H12ClN3O2S2. The molecule has 0 aliphatic rings. The number of ether oxygens (including phenoxy) is 1. The van der Waals surface area contributed by atoms with E-state index < -0.39 is 0 Å². The number of rotatable bonds is 4. The van der Waals surface area contributed by atoms with Gasteiger partial charge in [-0.05, 0) is 31.3 Å². The molecular weight excluding hydrogens is 318 g/mol. The first-order chi connectivity index (χ1) is 9.60. The van der Waals surface area contributed by atoms with E-state index in [1.165, 1.54) is 11.3 Å². The van der Waals surface area contributed by atoms with Crippen LogP contribution in [0.15, 0.2) is 18.2 Å². The van der Waals surface area contributed by atoms with Gasteiger partial charge in [-0.15, -0.1) is 0 Å². The van der Waals surface area contributed by atoms with Crippen LogP contribution in [0.4, 0.5) is 5.13 Å². The lowest BCUT2D eigenvalue weighted by molar-refractivity contribution is -0.141. The third-order valence-corrected chi connectivity index (χ3v) is 3.78. The molecule has 0 atom stereocenters. The average molecular weight is 330 g/mol. The van der Waals surface area contributed by atoms with Gasteiger partial charge in [-0.2, -0.15) is 0 Å². The fraction of sp³-hybridized carbons (Fsp3) is 0.250. The third-order valence-electron chi connectivity index (χ3n) is 2.29. The second-order valence-electron chi connectivity index (χ2n) is 3.72. The molecule has 20 heavy (non-hydrogen) atoms. The Balaban J connectivity index is 1.96. The zero-order valence-corrected chi connectivity index (χ0v) is 13.0. The fourth-order valence-corrected chi connectivity index (χ4v) is 2.88. The number of thiazole rings is 1. The van der Waals surface area contributed by atoms with Crippen molar-refractivity contribution >= 4 is 61.6 Å². The number of esters is 1. The number of hydrogen-bond donors (Lipinski definition) is 2. The van der Waals surface area contributed by atoms with Crippen LogP contribution in [-0.4, -0.2) is 29.2 Å². The molecule has 1 aromatic heterocycles. The molecule has 0 spiro atoms. The molecule has 106 valence electrons. The normalized spacial score (nSPS) is 10.3. The van der Waals surface area contributed by atoms with Crippen LogP contribution >= 0.6 is 35.2 Å². The van der Waals surface area contributed by atoms with Gasteiger partial charge < -0.3 is 15.4 Å². The number of fused-ring (bicyclic) bond motifs is 1. The van der Waals surface area contributed by atoms with Gasteiger partial charge in [0.2, 0.25) is 0 Å². The number of benzene rings is 1. The molecule has 0 saturated heterocycles. The average Bonchev–Trinajstić information content (AvgIpc) is 2.81. The van der Waals surface area contributed by atoms with E-state index in [9.17, 15) is 4.79 Å². The molecule has 0 bridgehead atoms. The summed E-state index contributed by atoms with van der Waals surface area (Å²) in [5.41, 5.74) is 0.731. The van der Waals surface area contributed by atoms with Crippen molar-refractivity contribution in [3.05, 3.63) is 23.2 Å². The van der Waals surface area contributed by atoms with Gasteiger partial charge in [-0.3, -0.25) is 4.79 Å². The highest BCUT2D eigenvalue weighted by atomic mass is 35.5. The van der Waals surface area contributed by atoms with Crippen LogP contribution in [0.2, 0.25) is 5.02 Å². The zero-order chi connectivity index (χ0) is 14.5. The highest BCUT2D eigenvalue weighted by Gasteiger charge is 2.08. The summed E-state index contributed by atoms with van der Waals surface area (Å²) in [5, 5.41) is 7.20. The monoisotopic (exact) mass is 329 g/mol. The molecule has 1 heterocycles. The quantitative estimate of drug-likeness (QED) is 0.664. The summed E-state index contributed by atoms with van der Waals surface area (Å²) in [6.07, 6.45) is 0. The van der Waals surface area contributed by atoms with Crippen molar-refractivity contribution in [1.29, 1.82) is 0 Å². The smallest absolute Gasteiger partial charge is 0.325 e. The number of aromatic nitrogens is 1. The molecule has 0 radical (unpaired) electrons. The van der Waals surface area contributed by atoms with E-state index in [0.29, 0.717) is 21.9 Å². The number of hydrogen-bond acceptors (Lipinski definition) is 5. The number of carbonyl (C=O) groups is 1. The molecule has 8 heteroatoms. The lowest BCUT2D eigenvalue weighted by Gasteiger charge is -2.07. The van der Waals surface area contributed by atoms with Crippen molar-refractivity contribution in [3.8, 4) is 0 Å². The van der Waals surface area contributed by atoms with Crippen molar-refractivity contribution in [1.82, 2.24) is 10.3 Å². The highest BCUT2D eigenvalue weighted by molar-refractivity contribution is 7.80. The topological polar surface area (TPSA) is 63.2 Å². The summed E-state index contributed by atoms with van der Waals surface area (Å²) in [7, 11) is 0. The Hall–Kier alpha value is -1.44. The first-order valence-corrected chi connectivity index (χ1v) is 7.46. The highest BCUT2D eigenvalue weighted by Crippen LogP contribution is 2.30. The van der Waals surface area contributed by atoms with Crippen LogP contribution in [0.25, 0.3) is 10.2 Å². The maximum Gasteiger partial charge on any atom is 0.325 e. The minimum Gasteiger partial charge on any atom is -0.465 e. The predicted molar refractivity (Wildman–Crippen MR) is 85.5 cm³/mol. The Morgan fingerprint density at radius 1 is 1.55 bits per heavy atom. The van der Waals surface area contributed by atoms with Gasteiger partial charge in [0.25, 0.3) is 0 Å². The van der Waals surface area contributed by atoms with E-state index in [0.717, 1.165) is 10.2 Å². The van der Waals surface area contributed by atoms with Crippen molar-refractivity contribution in [2.24, 2.45) is 0 Å². The van der Waals surface area contributed by atoms with Gasteiger partial charge in [0.1, 0.15) is 12.1 Å². The van der Waals surface area contributed by atoms with Crippen LogP contribution in [-0.2, 0) is 9.53 Å². The lowest BCUT2D eigenvalue weighted by atomic mass is 10.3. The summed E-state index contributed by atoms with van der Waals surface area (Å²) >= 11 is 12.6. The van der Waals surface area contributed by atoms with E-state index in [1.807, 2.05) is 12.1 Å². The maximum absolute atomic E-state index is 11.2. The molecule has 1 aromatic carbocycles. The van der Waals surface area contributed by atoms with Gasteiger partial charge in [0.05, 0.1) is 16.3 Å². The van der Waals surface area contributed by atoms with Crippen molar-refractivity contribution < 1.29 is 9.53 Å². The van der Waals surface area contributed by atoms with Crippen molar-refractivity contribution in [3.63, 3.8) is 0 Å². The fourth-order valence-electron chi connectivity index (χ4n) is 1.47. The molecule has 0 amide bonds. The summed E-state index contributed by atoms with van der Waals surface area (Å²) < 4.78 is 5.75. The molecule has 0 fully saturated rings. The van der Waals surface area contributed by atoms with Gasteiger partial charge in [0.15, 0.2) is 10.2 Å². The Morgan fingerprint density at radius 3 is 3.05 bits per heavy atom. The van der Waals surface area contributed by atoms with Gasteiger partial charge in [-0.25, -0.2) is 4.98 Å². The van der Waals surface area contributed by atoms with E-state index in [1.54, 1.807) is 13.0 Å². The first kappa shape index (κ1) is 15.0. The van der Waals surface area contributed by atoms with Crippen molar-refractivity contribution in [2.45, 2.75) is 6.92 Å². The van der Waals surface area contributed by atoms with Crippen LogP contribution in [0.1, 0.15) is 6.92 Å². The lowest BCUT2D eigenvalue weighted by Crippen LogP contribution is -2.33. The molecule has 2 N–H and O–H groups in total. The molecule has 5 nitrogen and oxygen atoms in total. The number of para-hydroxylation sites is 1. The van der Waals surface area contributed by atoms with E-state index in [-0.39, 0.29) is 12.5 Å². The number of anilines is 1. The Bertz CT molecular complexity index is 645. The summed E-state index contributed by atoms with van der Waals surface area (Å²) in [6, 6.07) is 5.58. The van der Waals surface area contributed by atoms with Gasteiger partial charge in [-0.1, -0.05) is 29.0 Å². The molecule has 2 rings (SSSR count). The molecule has 2 aromatic rings. The number of nitrogens with one attached hydrogen (secondary N) is 2. The summed E-state index contributed by atoms with van der Waals surface area (Å²) in [6.45, 7) is 2.11. The number of carbonyl (C=O) groups excluding carboxylic acids is 1. The molecule has 0 aliphatic carbocycles. The second-order valence-corrected chi connectivity index (χ2v) is 5.56. The summed E-state index contributed by atoms with van der Waals surface area (Å²) in [4.78, 5) is 15.5. The number of thiocarbonyl (C=S) groups is 1. The van der Waals surface area contributed by atoms with E-state index >= 15 is 0 Å². The Morgan fingerprint density at radius 2 is 2.35 bits per heavy atom. The minimum atomic E-state index is -0.357. The predicted octanol–water partition coefficient (Wildman–Crippen LogP) is 2.80. The first-order valence-electron chi connectivity index (χ1n) is 5.85. The second kappa shape index (κ2) is 6.83. The Labute approximate surface area is 130 Å². The third kappa shape index (κ3) is 3.78. The van der Waals surface area contributed by atoms with Crippen molar-refractivity contribution in [2.75, 3.05) is 18.5 Å². The minimum absolute atomic E-state index is 0.0192. The molecule has 0 aliphatic heterocycles. The van der Waals surface area contributed by atoms with Gasteiger partial charge >= 0.3 is 5.97 Å². The standard InChI is InChI=1S/C12H12ClN3O2S2/c1-2-18-9(17)6-14-11(19)16-12-15-10-7(13)4-3-5-8(10)20-12/h3-5H,2,6H2,1H3,(H2,14,15,16,19). The van der Waals surface area contributed by atoms with E-state index in [4.69, 9.17) is 28.6 Å². The maximum atomic E-state index is 11.2. The SMILES string of the molecule is CCOC(=O)CNC(=S)Nc1nc2c(Cl)cccc2s1. The van der Waals surface area contributed by atoms with Crippen LogP contribution in [0, 0.1) is 0 Å². The van der Waals surface area contributed by atoms with E-state index in [2.05, 4.69) is 15.6 Å². The molecule has 0 unspecified atom stereocenters. The van der Waals surface area contributed by atoms with Crippen LogP contribution < -0.4 is 10.6 Å². The zero-order valence-electron chi connectivity index (χ0n) is 10.6. The van der Waals surface area contributed by atoms with Gasteiger partial charge in [0, 0.05) is 0 Å². The number of nitrogens with zero attached hydrogens (tertiary/aromatic N) is 1. The molecule has 0 saturated carbocycles. The summed E-state index contributed by atoms with van der Waals surface area (Å²) in [5.74, 6) is -0.357. The van der Waals surface area contributed by atoms with Crippen LogP contribution in [0.5, 0.6) is 0 Å². The number of halogens is 1. The largest absolute Gasteiger partial charge is 0.465 e. The van der Waals surface area contributed by atoms with Crippen LogP contribution in [0.3, 0.4) is 0 Å². The Kier molecular flexibility index (Phi) is 5.11.